The van der Waals surface area contributed by atoms with Crippen LogP contribution in [0.3, 0.4) is 0 Å². The van der Waals surface area contributed by atoms with Crippen LogP contribution in [0.15, 0.2) is 0 Å². The van der Waals surface area contributed by atoms with Gasteiger partial charge in [0.15, 0.2) is 5.13 Å². The van der Waals surface area contributed by atoms with Gasteiger partial charge in [-0.15, -0.1) is 11.3 Å². The Morgan fingerprint density at radius 3 is 2.65 bits per heavy atom. The van der Waals surface area contributed by atoms with E-state index in [4.69, 9.17) is 10.7 Å². The van der Waals surface area contributed by atoms with Crippen LogP contribution in [-0.2, 0) is 6.54 Å². The van der Waals surface area contributed by atoms with Crippen LogP contribution in [0, 0.1) is 0 Å². The Morgan fingerprint density at radius 1 is 1.15 bits per heavy atom. The molecular weight excluding hydrogens is 268 g/mol. The summed E-state index contributed by atoms with van der Waals surface area (Å²) in [6, 6.07) is 0.757. The number of hydrogen-bond donors (Lipinski definition) is 1. The molecule has 20 heavy (non-hydrogen) atoms. The van der Waals surface area contributed by atoms with Crippen LogP contribution in [0.5, 0.6) is 0 Å². The average molecular weight is 292 g/mol. The summed E-state index contributed by atoms with van der Waals surface area (Å²) in [5.41, 5.74) is 7.22. The number of hydrogen-bond acceptors (Lipinski definition) is 5. The van der Waals surface area contributed by atoms with E-state index < -0.39 is 0 Å². The maximum absolute atomic E-state index is 5.90. The summed E-state index contributed by atoms with van der Waals surface area (Å²) >= 11 is 1.84. The van der Waals surface area contributed by atoms with Crippen LogP contribution < -0.4 is 10.6 Å². The van der Waals surface area contributed by atoms with Crippen molar-refractivity contribution in [2.75, 3.05) is 31.1 Å². The topological polar surface area (TPSA) is 45.4 Å². The third kappa shape index (κ3) is 2.36. The highest BCUT2D eigenvalue weighted by atomic mass is 32.1. The Balaban J connectivity index is 1.47. The lowest BCUT2D eigenvalue weighted by molar-refractivity contribution is 0.260. The summed E-state index contributed by atoms with van der Waals surface area (Å²) in [5, 5.41) is 1.23. The molecule has 3 aliphatic rings. The van der Waals surface area contributed by atoms with E-state index in [1.54, 1.807) is 0 Å². The van der Waals surface area contributed by atoms with Crippen molar-refractivity contribution >= 4 is 16.5 Å². The predicted molar refractivity (Wildman–Crippen MR) is 83.4 cm³/mol. The second kappa shape index (κ2) is 5.28. The molecule has 1 aromatic heterocycles. The van der Waals surface area contributed by atoms with Gasteiger partial charge in [-0.05, 0) is 45.2 Å². The highest BCUT2D eigenvalue weighted by molar-refractivity contribution is 7.15. The largest absolute Gasteiger partial charge is 0.346 e. The number of nitrogens with two attached hydrogens (primary N) is 1. The Bertz CT molecular complexity index is 476. The van der Waals surface area contributed by atoms with Crippen molar-refractivity contribution in [3.63, 3.8) is 0 Å². The standard InChI is InChI=1S/C15H24N4S/c16-9-13-14(11-3-4-11)17-15(20-13)19-8-5-12(10-19)18-6-1-2-7-18/h11-12H,1-10,16H2. The second-order valence-corrected chi connectivity index (χ2v) is 7.48. The molecule has 1 atom stereocenters. The van der Waals surface area contributed by atoms with E-state index in [1.807, 2.05) is 11.3 Å². The van der Waals surface area contributed by atoms with Crippen molar-refractivity contribution in [1.29, 1.82) is 0 Å². The lowest BCUT2D eigenvalue weighted by Crippen LogP contribution is -2.35. The molecule has 0 radical (unpaired) electrons. The molecule has 1 aromatic rings. The van der Waals surface area contributed by atoms with Crippen LogP contribution in [-0.4, -0.2) is 42.1 Å². The van der Waals surface area contributed by atoms with Crippen LogP contribution in [0.25, 0.3) is 0 Å². The van der Waals surface area contributed by atoms with Gasteiger partial charge in [0.25, 0.3) is 0 Å². The molecule has 4 nitrogen and oxygen atoms in total. The first kappa shape index (κ1) is 13.0. The van der Waals surface area contributed by atoms with Crippen molar-refractivity contribution in [3.8, 4) is 0 Å². The number of thiazole rings is 1. The first-order valence-electron chi connectivity index (χ1n) is 8.04. The number of nitrogens with zero attached hydrogens (tertiary/aromatic N) is 3. The van der Waals surface area contributed by atoms with Crippen LogP contribution in [0.4, 0.5) is 5.13 Å². The molecular formula is C15H24N4S. The van der Waals surface area contributed by atoms with Gasteiger partial charge in [0, 0.05) is 36.5 Å². The molecule has 3 heterocycles. The average Bonchev–Trinajstić information content (AvgIpc) is 2.92. The third-order valence-electron chi connectivity index (χ3n) is 4.96. The quantitative estimate of drug-likeness (QED) is 0.923. The third-order valence-corrected chi connectivity index (χ3v) is 6.11. The smallest absolute Gasteiger partial charge is 0.185 e. The molecule has 0 spiro atoms. The molecule has 2 aliphatic heterocycles. The van der Waals surface area contributed by atoms with Gasteiger partial charge in [-0.2, -0.15) is 0 Å². The van der Waals surface area contributed by atoms with Gasteiger partial charge in [0.2, 0.25) is 0 Å². The maximum Gasteiger partial charge on any atom is 0.185 e. The first-order chi connectivity index (χ1) is 9.85. The fraction of sp³-hybridized carbons (Fsp3) is 0.800. The van der Waals surface area contributed by atoms with E-state index in [0.29, 0.717) is 6.54 Å². The van der Waals surface area contributed by atoms with Crippen molar-refractivity contribution < 1.29 is 0 Å². The van der Waals surface area contributed by atoms with Gasteiger partial charge in [-0.1, -0.05) is 0 Å². The fourth-order valence-electron chi connectivity index (χ4n) is 3.63. The van der Waals surface area contributed by atoms with Crippen molar-refractivity contribution in [2.45, 2.75) is 50.6 Å². The normalized spacial score (nSPS) is 27.6. The van der Waals surface area contributed by atoms with Gasteiger partial charge in [0.1, 0.15) is 0 Å². The number of anilines is 1. The van der Waals surface area contributed by atoms with Gasteiger partial charge in [-0.3, -0.25) is 4.90 Å². The Hall–Kier alpha value is -0.650. The summed E-state index contributed by atoms with van der Waals surface area (Å²) in [7, 11) is 0. The van der Waals surface area contributed by atoms with Crippen LogP contribution in [0.2, 0.25) is 0 Å². The molecule has 1 aliphatic carbocycles. The molecule has 0 aromatic carbocycles. The molecule has 4 rings (SSSR count). The van der Waals surface area contributed by atoms with Gasteiger partial charge in [-0.25, -0.2) is 4.98 Å². The van der Waals surface area contributed by atoms with E-state index >= 15 is 0 Å². The lowest BCUT2D eigenvalue weighted by atomic mass is 10.2. The summed E-state index contributed by atoms with van der Waals surface area (Å²) in [4.78, 5) is 11.4. The highest BCUT2D eigenvalue weighted by Crippen LogP contribution is 2.44. The summed E-state index contributed by atoms with van der Waals surface area (Å²) < 4.78 is 0. The van der Waals surface area contributed by atoms with E-state index in [-0.39, 0.29) is 0 Å². The molecule has 1 saturated carbocycles. The molecule has 3 fully saturated rings. The predicted octanol–water partition coefficient (Wildman–Crippen LogP) is 2.15. The second-order valence-electron chi connectivity index (χ2n) is 6.41. The van der Waals surface area contributed by atoms with E-state index in [2.05, 4.69) is 9.80 Å². The minimum atomic E-state index is 0.660. The minimum Gasteiger partial charge on any atom is -0.346 e. The van der Waals surface area contributed by atoms with Crippen molar-refractivity contribution in [3.05, 3.63) is 10.6 Å². The Morgan fingerprint density at radius 2 is 1.95 bits per heavy atom. The van der Waals surface area contributed by atoms with E-state index in [9.17, 15) is 0 Å². The fourth-order valence-corrected chi connectivity index (χ4v) is 4.69. The number of aromatic nitrogens is 1. The molecule has 110 valence electrons. The molecule has 0 bridgehead atoms. The zero-order chi connectivity index (χ0) is 13.5. The van der Waals surface area contributed by atoms with E-state index in [1.165, 1.54) is 74.0 Å². The maximum atomic E-state index is 5.90. The molecule has 2 saturated heterocycles. The highest BCUT2D eigenvalue weighted by Gasteiger charge is 2.33. The Labute approximate surface area is 125 Å². The number of rotatable bonds is 4. The summed E-state index contributed by atoms with van der Waals surface area (Å²) in [6.07, 6.45) is 6.70. The molecule has 0 amide bonds. The summed E-state index contributed by atoms with van der Waals surface area (Å²) in [5.74, 6) is 0.718. The van der Waals surface area contributed by atoms with Crippen LogP contribution in [0.1, 0.15) is 48.6 Å². The first-order valence-corrected chi connectivity index (χ1v) is 8.85. The van der Waals surface area contributed by atoms with Crippen molar-refractivity contribution in [1.82, 2.24) is 9.88 Å². The summed E-state index contributed by atoms with van der Waals surface area (Å²) in [6.45, 7) is 5.60. The van der Waals surface area contributed by atoms with E-state index in [0.717, 1.165) is 12.0 Å². The van der Waals surface area contributed by atoms with Gasteiger partial charge >= 0.3 is 0 Å². The SMILES string of the molecule is NCc1sc(N2CCC(N3CCCC3)C2)nc1C1CC1. The van der Waals surface area contributed by atoms with Crippen LogP contribution >= 0.6 is 11.3 Å². The zero-order valence-corrected chi connectivity index (χ0v) is 12.9. The van der Waals surface area contributed by atoms with Gasteiger partial charge < -0.3 is 10.6 Å². The zero-order valence-electron chi connectivity index (χ0n) is 12.1. The monoisotopic (exact) mass is 292 g/mol. The molecule has 5 heteroatoms. The van der Waals surface area contributed by atoms with Gasteiger partial charge in [0.05, 0.1) is 5.69 Å². The molecule has 2 N–H and O–H groups in total. The number of likely N-dealkylation sites (tertiary alicyclic amines) is 1. The Kier molecular flexibility index (Phi) is 3.44. The molecule has 1 unspecified atom stereocenters. The minimum absolute atomic E-state index is 0.660. The van der Waals surface area contributed by atoms with Crippen molar-refractivity contribution in [2.24, 2.45) is 5.73 Å². The lowest BCUT2D eigenvalue weighted by Gasteiger charge is -2.23.